The third kappa shape index (κ3) is 2.80. The maximum absolute atomic E-state index is 5.51. The van der Waals surface area contributed by atoms with E-state index in [0.29, 0.717) is 0 Å². The fourth-order valence-electron chi connectivity index (χ4n) is 1.95. The lowest BCUT2D eigenvalue weighted by Crippen LogP contribution is -2.45. The number of hydrogen-bond acceptors (Lipinski definition) is 5. The van der Waals surface area contributed by atoms with Crippen LogP contribution >= 0.6 is 0 Å². The van der Waals surface area contributed by atoms with Crippen molar-refractivity contribution in [3.63, 3.8) is 0 Å². The van der Waals surface area contributed by atoms with Crippen molar-refractivity contribution in [2.75, 3.05) is 32.7 Å². The van der Waals surface area contributed by atoms with Gasteiger partial charge in [0.05, 0.1) is 6.54 Å². The van der Waals surface area contributed by atoms with Gasteiger partial charge in [0.25, 0.3) is 0 Å². The van der Waals surface area contributed by atoms with Crippen molar-refractivity contribution in [2.45, 2.75) is 26.8 Å². The highest BCUT2D eigenvalue weighted by molar-refractivity contribution is 4.83. The van der Waals surface area contributed by atoms with E-state index in [1.807, 2.05) is 6.92 Å². The van der Waals surface area contributed by atoms with Gasteiger partial charge in [0.1, 0.15) is 0 Å². The predicted molar refractivity (Wildman–Crippen MR) is 61.1 cm³/mol. The lowest BCUT2D eigenvalue weighted by molar-refractivity contribution is 0.123. The number of aromatic nitrogens is 2. The first-order valence-corrected chi connectivity index (χ1v) is 6.07. The minimum absolute atomic E-state index is 0.738. The van der Waals surface area contributed by atoms with E-state index >= 15 is 0 Å². The largest absolute Gasteiger partial charge is 0.424 e. The third-order valence-electron chi connectivity index (χ3n) is 3.08. The molecule has 0 aliphatic carbocycles. The van der Waals surface area contributed by atoms with Gasteiger partial charge in [-0.3, -0.25) is 4.90 Å². The Morgan fingerprint density at radius 1 is 1.00 bits per heavy atom. The van der Waals surface area contributed by atoms with E-state index in [9.17, 15) is 0 Å². The topological polar surface area (TPSA) is 45.4 Å². The van der Waals surface area contributed by atoms with Gasteiger partial charge < -0.3 is 9.32 Å². The van der Waals surface area contributed by atoms with Crippen molar-refractivity contribution in [3.8, 4) is 0 Å². The minimum atomic E-state index is 0.738. The summed E-state index contributed by atoms with van der Waals surface area (Å²) in [5.74, 6) is 1.49. The van der Waals surface area contributed by atoms with E-state index in [0.717, 1.165) is 57.5 Å². The Balaban J connectivity index is 1.82. The molecule has 2 heterocycles. The van der Waals surface area contributed by atoms with Crippen molar-refractivity contribution in [3.05, 3.63) is 11.8 Å². The lowest BCUT2D eigenvalue weighted by atomic mass is 10.3. The summed E-state index contributed by atoms with van der Waals surface area (Å²) in [4.78, 5) is 4.83. The molecule has 1 saturated heterocycles. The molecule has 1 aromatic heterocycles. The summed E-state index contributed by atoms with van der Waals surface area (Å²) < 4.78 is 5.51. The molecular formula is C11H20N4O. The highest BCUT2D eigenvalue weighted by atomic mass is 16.4. The van der Waals surface area contributed by atoms with Gasteiger partial charge >= 0.3 is 0 Å². The van der Waals surface area contributed by atoms with Crippen molar-refractivity contribution in [2.24, 2.45) is 0 Å². The van der Waals surface area contributed by atoms with Crippen LogP contribution in [0, 0.1) is 0 Å². The Morgan fingerprint density at radius 2 is 1.62 bits per heavy atom. The van der Waals surface area contributed by atoms with Crippen molar-refractivity contribution in [1.82, 2.24) is 20.0 Å². The summed E-state index contributed by atoms with van der Waals surface area (Å²) in [6.45, 7) is 10.7. The van der Waals surface area contributed by atoms with Gasteiger partial charge in [-0.05, 0) is 6.54 Å². The fraction of sp³-hybridized carbons (Fsp3) is 0.818. The van der Waals surface area contributed by atoms with Crippen LogP contribution in [-0.4, -0.2) is 52.7 Å². The molecule has 0 saturated carbocycles. The van der Waals surface area contributed by atoms with Crippen LogP contribution in [0.5, 0.6) is 0 Å². The van der Waals surface area contributed by atoms with Crippen LogP contribution in [0.25, 0.3) is 0 Å². The van der Waals surface area contributed by atoms with Gasteiger partial charge in [-0.2, -0.15) is 0 Å². The van der Waals surface area contributed by atoms with Gasteiger partial charge in [0.15, 0.2) is 0 Å². The van der Waals surface area contributed by atoms with Crippen molar-refractivity contribution < 1.29 is 4.42 Å². The lowest BCUT2D eigenvalue weighted by Gasteiger charge is -2.33. The number of hydrogen-bond donors (Lipinski definition) is 0. The molecule has 1 fully saturated rings. The minimum Gasteiger partial charge on any atom is -0.424 e. The molecule has 2 rings (SSSR count). The van der Waals surface area contributed by atoms with E-state index in [-0.39, 0.29) is 0 Å². The predicted octanol–water partition coefficient (Wildman–Crippen LogP) is 0.770. The van der Waals surface area contributed by atoms with E-state index in [1.165, 1.54) is 0 Å². The molecule has 0 N–H and O–H groups in total. The summed E-state index contributed by atoms with van der Waals surface area (Å²) in [5.41, 5.74) is 0. The highest BCUT2D eigenvalue weighted by Crippen LogP contribution is 2.07. The monoisotopic (exact) mass is 224 g/mol. The maximum Gasteiger partial charge on any atom is 0.230 e. The van der Waals surface area contributed by atoms with Crippen LogP contribution in [0.1, 0.15) is 25.6 Å². The van der Waals surface area contributed by atoms with E-state index in [4.69, 9.17) is 4.42 Å². The second kappa shape index (κ2) is 5.41. The van der Waals surface area contributed by atoms with E-state index < -0.39 is 0 Å². The molecule has 1 aliphatic heterocycles. The zero-order valence-electron chi connectivity index (χ0n) is 10.1. The van der Waals surface area contributed by atoms with Crippen LogP contribution < -0.4 is 0 Å². The average molecular weight is 224 g/mol. The molecule has 1 aliphatic rings. The molecule has 0 spiro atoms. The second-order valence-corrected chi connectivity index (χ2v) is 4.15. The van der Waals surface area contributed by atoms with Crippen LogP contribution in [0.3, 0.4) is 0 Å². The molecule has 0 amide bonds. The van der Waals surface area contributed by atoms with Gasteiger partial charge in [-0.15, -0.1) is 10.2 Å². The Labute approximate surface area is 96.4 Å². The van der Waals surface area contributed by atoms with Crippen molar-refractivity contribution >= 4 is 0 Å². The molecule has 90 valence electrons. The molecule has 0 bridgehead atoms. The fourth-order valence-corrected chi connectivity index (χ4v) is 1.95. The number of piperazine rings is 1. The number of likely N-dealkylation sites (N-methyl/N-ethyl adjacent to an activating group) is 1. The molecule has 0 radical (unpaired) electrons. The van der Waals surface area contributed by atoms with Gasteiger partial charge in [-0.25, -0.2) is 0 Å². The van der Waals surface area contributed by atoms with Crippen LogP contribution in [0.15, 0.2) is 4.42 Å². The Hall–Kier alpha value is -0.940. The van der Waals surface area contributed by atoms with Gasteiger partial charge in [0, 0.05) is 32.6 Å². The smallest absolute Gasteiger partial charge is 0.230 e. The Kier molecular flexibility index (Phi) is 3.90. The van der Waals surface area contributed by atoms with Crippen LogP contribution in [-0.2, 0) is 13.0 Å². The zero-order chi connectivity index (χ0) is 11.4. The molecule has 1 aromatic rings. The second-order valence-electron chi connectivity index (χ2n) is 4.15. The van der Waals surface area contributed by atoms with E-state index in [2.05, 4.69) is 26.9 Å². The normalized spacial score (nSPS) is 19.1. The Bertz CT molecular complexity index is 318. The number of nitrogens with zero attached hydrogens (tertiary/aromatic N) is 4. The summed E-state index contributed by atoms with van der Waals surface area (Å²) in [6.07, 6.45) is 0.816. The summed E-state index contributed by atoms with van der Waals surface area (Å²) in [6, 6.07) is 0. The van der Waals surface area contributed by atoms with Gasteiger partial charge in [0.2, 0.25) is 11.8 Å². The third-order valence-corrected chi connectivity index (χ3v) is 3.08. The maximum atomic E-state index is 5.51. The average Bonchev–Trinajstić information content (AvgIpc) is 2.78. The molecule has 5 nitrogen and oxygen atoms in total. The molecule has 5 heteroatoms. The first kappa shape index (κ1) is 11.5. The molecule has 0 aromatic carbocycles. The van der Waals surface area contributed by atoms with Crippen molar-refractivity contribution in [1.29, 1.82) is 0 Å². The zero-order valence-corrected chi connectivity index (χ0v) is 10.1. The first-order chi connectivity index (χ1) is 7.81. The van der Waals surface area contributed by atoms with Crippen LogP contribution in [0.2, 0.25) is 0 Å². The summed E-state index contributed by atoms with van der Waals surface area (Å²) in [5, 5.41) is 8.03. The SMILES string of the molecule is CCc1nnc(CN2CCN(CC)CC2)o1. The van der Waals surface area contributed by atoms with Crippen LogP contribution in [0.4, 0.5) is 0 Å². The Morgan fingerprint density at radius 3 is 2.19 bits per heavy atom. The highest BCUT2D eigenvalue weighted by Gasteiger charge is 2.17. The molecule has 0 unspecified atom stereocenters. The summed E-state index contributed by atoms with van der Waals surface area (Å²) >= 11 is 0. The number of rotatable bonds is 4. The summed E-state index contributed by atoms with van der Waals surface area (Å²) in [7, 11) is 0. The van der Waals surface area contributed by atoms with E-state index in [1.54, 1.807) is 0 Å². The molecule has 0 atom stereocenters. The quantitative estimate of drug-likeness (QED) is 0.756. The molecule has 16 heavy (non-hydrogen) atoms. The van der Waals surface area contributed by atoms with Gasteiger partial charge in [-0.1, -0.05) is 13.8 Å². The number of aryl methyl sites for hydroxylation is 1. The molecular weight excluding hydrogens is 204 g/mol. The first-order valence-electron chi connectivity index (χ1n) is 6.07. The standard InChI is InChI=1S/C11H20N4O/c1-3-10-12-13-11(16-10)9-15-7-5-14(4-2)6-8-15/h3-9H2,1-2H3.